The molecule has 17 heteroatoms. The summed E-state index contributed by atoms with van der Waals surface area (Å²) in [5.41, 5.74) is 4.77. The second kappa shape index (κ2) is 24.8. The quantitative estimate of drug-likeness (QED) is 0.0384. The van der Waals surface area contributed by atoms with E-state index in [9.17, 15) is 29.3 Å². The van der Waals surface area contributed by atoms with Crippen LogP contribution in [0.15, 0.2) is 36.7 Å². The summed E-state index contributed by atoms with van der Waals surface area (Å²) in [6, 6.07) is 9.38. The highest BCUT2D eigenvalue weighted by atomic mass is 31.2. The average Bonchev–Trinajstić information content (AvgIpc) is 3.76. The van der Waals surface area contributed by atoms with Crippen LogP contribution in [-0.2, 0) is 40.0 Å². The minimum atomic E-state index is -4.76. The average molecular weight is 836 g/mol. The van der Waals surface area contributed by atoms with Gasteiger partial charge in [0.1, 0.15) is 36.2 Å². The number of nitriles is 1. The number of nitrogens with zero attached hydrogens (tertiary/aromatic N) is 4. The molecule has 1 aromatic carbocycles. The van der Waals surface area contributed by atoms with Gasteiger partial charge in [-0.1, -0.05) is 96.5 Å². The third kappa shape index (κ3) is 14.2. The van der Waals surface area contributed by atoms with Gasteiger partial charge in [-0.05, 0) is 49.1 Å². The second-order valence-corrected chi connectivity index (χ2v) is 16.4. The topological polar surface area (TPSA) is 213 Å². The molecule has 3 aromatic rings. The van der Waals surface area contributed by atoms with Crippen molar-refractivity contribution in [3.63, 3.8) is 0 Å². The van der Waals surface area contributed by atoms with Crippen LogP contribution in [0.2, 0.25) is 0 Å². The van der Waals surface area contributed by atoms with Gasteiger partial charge in [0.15, 0.2) is 17.4 Å². The Morgan fingerprint density at radius 2 is 1.64 bits per heavy atom. The molecule has 0 aliphatic carbocycles. The summed E-state index contributed by atoms with van der Waals surface area (Å²) in [5, 5.41) is 36.0. The Balaban J connectivity index is 1.19. The summed E-state index contributed by atoms with van der Waals surface area (Å²) in [6.07, 6.45) is 13.6. The van der Waals surface area contributed by atoms with Gasteiger partial charge in [0, 0.05) is 13.2 Å². The molecule has 0 spiro atoms. The highest BCUT2D eigenvalue weighted by Gasteiger charge is 2.58. The van der Waals surface area contributed by atoms with Crippen molar-refractivity contribution in [3.05, 3.63) is 53.7 Å². The zero-order chi connectivity index (χ0) is 41.8. The molecule has 0 bridgehead atoms. The van der Waals surface area contributed by atoms with Crippen molar-refractivity contribution in [2.75, 3.05) is 39.3 Å². The van der Waals surface area contributed by atoms with Gasteiger partial charge < -0.3 is 39.8 Å². The van der Waals surface area contributed by atoms with Crippen molar-refractivity contribution in [2.45, 2.75) is 146 Å². The Hall–Kier alpha value is -3.23. The molecule has 0 saturated carbocycles. The number of methoxy groups -OCH3 is 1. The van der Waals surface area contributed by atoms with E-state index in [1.807, 2.05) is 6.07 Å². The summed E-state index contributed by atoms with van der Waals surface area (Å²) in [4.78, 5) is 14.5. The predicted octanol–water partition coefficient (Wildman–Crippen LogP) is 7.30. The molecule has 2 aromatic heterocycles. The van der Waals surface area contributed by atoms with E-state index in [4.69, 9.17) is 33.7 Å². The lowest BCUT2D eigenvalue weighted by Gasteiger charge is -2.24. The fourth-order valence-electron chi connectivity index (χ4n) is 7.06. The van der Waals surface area contributed by atoms with Crippen molar-refractivity contribution >= 4 is 19.2 Å². The number of halogens is 1. The maximum absolute atomic E-state index is 14.3. The standard InChI is InChI=1S/C41H63FN5O10P/c1-3-4-5-6-10-13-16-23-53-24-17-14-11-8-7-9-12-15-18-32(54-26-31-19-21-35(52-2)33(42)25-31)27-55-58(50,51)56-28-36-38(48)39(49)41(29-43,57-36)37-22-20-34-40(44)45-30-46-47(34)37/h19-22,25,30,32,36,38-39,48-49H,3-18,23-24,26-28H2,1-2H3,(H,50,51)(H2,44,45,46)/t32-,36-,38?,39+,41+/m1/s1. The van der Waals surface area contributed by atoms with Crippen molar-refractivity contribution < 1.29 is 52.1 Å². The van der Waals surface area contributed by atoms with E-state index in [-0.39, 0.29) is 30.5 Å². The maximum Gasteiger partial charge on any atom is 0.472 e. The Morgan fingerprint density at radius 3 is 2.28 bits per heavy atom. The third-order valence-electron chi connectivity index (χ3n) is 10.5. The first-order chi connectivity index (χ1) is 28.0. The molecule has 1 fully saturated rings. The number of ether oxygens (including phenoxy) is 4. The highest BCUT2D eigenvalue weighted by molar-refractivity contribution is 7.47. The van der Waals surface area contributed by atoms with E-state index >= 15 is 0 Å². The van der Waals surface area contributed by atoms with Crippen LogP contribution >= 0.6 is 7.82 Å². The number of phosphoric acid groups is 1. The van der Waals surface area contributed by atoms with E-state index in [2.05, 4.69) is 17.0 Å². The number of benzene rings is 1. The molecule has 324 valence electrons. The molecule has 58 heavy (non-hydrogen) atoms. The number of anilines is 1. The Morgan fingerprint density at radius 1 is 0.983 bits per heavy atom. The number of aliphatic hydroxyl groups is 2. The Bertz CT molecular complexity index is 1750. The summed E-state index contributed by atoms with van der Waals surface area (Å²) < 4.78 is 61.8. The third-order valence-corrected chi connectivity index (χ3v) is 11.4. The Kier molecular flexibility index (Phi) is 20.3. The van der Waals surface area contributed by atoms with Gasteiger partial charge >= 0.3 is 7.82 Å². The van der Waals surface area contributed by atoms with Gasteiger partial charge in [-0.3, -0.25) is 9.05 Å². The van der Waals surface area contributed by atoms with E-state index in [1.165, 1.54) is 80.7 Å². The Labute approximate surface area is 341 Å². The van der Waals surface area contributed by atoms with Gasteiger partial charge in [0.25, 0.3) is 0 Å². The number of aliphatic hydroxyl groups excluding tert-OH is 2. The molecule has 3 heterocycles. The second-order valence-electron chi connectivity index (χ2n) is 14.9. The van der Waals surface area contributed by atoms with Crippen LogP contribution in [0.3, 0.4) is 0 Å². The monoisotopic (exact) mass is 835 g/mol. The van der Waals surface area contributed by atoms with Crippen molar-refractivity contribution in [1.29, 1.82) is 5.26 Å². The lowest BCUT2D eigenvalue weighted by molar-refractivity contribution is -0.0658. The first kappa shape index (κ1) is 47.4. The largest absolute Gasteiger partial charge is 0.494 e. The number of nitrogen functional groups attached to an aromatic ring is 1. The van der Waals surface area contributed by atoms with Crippen LogP contribution in [0.5, 0.6) is 5.75 Å². The summed E-state index contributed by atoms with van der Waals surface area (Å²) in [7, 11) is -3.38. The molecule has 1 saturated heterocycles. The molecule has 5 N–H and O–H groups in total. The minimum absolute atomic E-state index is 0.0233. The fourth-order valence-corrected chi connectivity index (χ4v) is 7.83. The van der Waals surface area contributed by atoms with Crippen LogP contribution < -0.4 is 10.5 Å². The summed E-state index contributed by atoms with van der Waals surface area (Å²) >= 11 is 0. The first-order valence-electron chi connectivity index (χ1n) is 20.7. The normalized spacial score (nSPS) is 20.9. The van der Waals surface area contributed by atoms with Gasteiger partial charge in [-0.25, -0.2) is 18.5 Å². The molecule has 4 rings (SSSR count). The molecular formula is C41H63FN5O10P. The number of nitrogens with two attached hydrogens (primary N) is 1. The predicted molar refractivity (Wildman–Crippen MR) is 215 cm³/mol. The number of rotatable bonds is 30. The first-order valence-corrected chi connectivity index (χ1v) is 22.2. The number of aromatic nitrogens is 3. The van der Waals surface area contributed by atoms with Crippen molar-refractivity contribution in [1.82, 2.24) is 14.6 Å². The zero-order valence-corrected chi connectivity index (χ0v) is 34.9. The highest BCUT2D eigenvalue weighted by Crippen LogP contribution is 2.46. The SMILES string of the molecule is CCCCCCCCCOCCCCCCCCCC[C@H](COP(=O)(O)OC[C@H]1O[C@@](C#N)(c2ccc3c(N)ncnn23)[C@@H](O)C1O)OCc1ccc(OC)c(F)c1. The van der Waals surface area contributed by atoms with Crippen molar-refractivity contribution in [3.8, 4) is 11.8 Å². The van der Waals surface area contributed by atoms with E-state index in [0.29, 0.717) is 17.5 Å². The molecule has 0 radical (unpaired) electrons. The van der Waals surface area contributed by atoms with Crippen LogP contribution in [0.4, 0.5) is 10.2 Å². The van der Waals surface area contributed by atoms with E-state index in [0.717, 1.165) is 71.0 Å². The van der Waals surface area contributed by atoms with Crippen LogP contribution in [0.1, 0.15) is 121 Å². The number of hydrogen-bond donors (Lipinski definition) is 4. The van der Waals surface area contributed by atoms with Crippen LogP contribution in [-0.4, -0.2) is 87.7 Å². The fraction of sp³-hybridized carbons (Fsp3) is 0.683. The number of unbranched alkanes of at least 4 members (excludes halogenated alkanes) is 13. The lowest BCUT2D eigenvalue weighted by atomic mass is 9.92. The van der Waals surface area contributed by atoms with Crippen LogP contribution in [0.25, 0.3) is 5.52 Å². The molecule has 1 aliphatic heterocycles. The van der Waals surface area contributed by atoms with Gasteiger partial charge in [-0.15, -0.1) is 0 Å². The molecular weight excluding hydrogens is 772 g/mol. The summed E-state index contributed by atoms with van der Waals surface area (Å²) in [5.74, 6) is -0.314. The molecule has 1 aliphatic rings. The number of fused-ring (bicyclic) bond motifs is 1. The van der Waals surface area contributed by atoms with Crippen LogP contribution in [0, 0.1) is 17.1 Å². The molecule has 0 amide bonds. The van der Waals surface area contributed by atoms with E-state index in [1.54, 1.807) is 6.07 Å². The smallest absolute Gasteiger partial charge is 0.472 e. The van der Waals surface area contributed by atoms with Gasteiger partial charge in [0.05, 0.1) is 38.7 Å². The number of hydrogen-bond acceptors (Lipinski definition) is 13. The van der Waals surface area contributed by atoms with Crippen molar-refractivity contribution in [2.24, 2.45) is 0 Å². The molecule has 2 unspecified atom stereocenters. The van der Waals surface area contributed by atoms with E-state index < -0.39 is 50.3 Å². The van der Waals surface area contributed by atoms with Gasteiger partial charge in [-0.2, -0.15) is 10.4 Å². The van der Waals surface area contributed by atoms with Gasteiger partial charge in [0.2, 0.25) is 5.60 Å². The molecule has 15 nitrogen and oxygen atoms in total. The zero-order valence-electron chi connectivity index (χ0n) is 34.0. The number of phosphoric ester groups is 1. The molecule has 6 atom stereocenters. The minimum Gasteiger partial charge on any atom is -0.494 e. The maximum atomic E-state index is 14.3. The lowest BCUT2D eigenvalue weighted by Crippen LogP contribution is -2.41. The summed E-state index contributed by atoms with van der Waals surface area (Å²) in [6.45, 7) is 2.94.